The molecule has 78 valence electrons. The van der Waals surface area contributed by atoms with E-state index >= 15 is 0 Å². The maximum atomic E-state index is 5.60. The molecule has 0 aliphatic rings. The largest absolute Gasteiger partial charge is 0.392 e. The van der Waals surface area contributed by atoms with Crippen molar-refractivity contribution < 1.29 is 4.74 Å². The van der Waals surface area contributed by atoms with Gasteiger partial charge in [0.1, 0.15) is 0 Å². The van der Waals surface area contributed by atoms with Gasteiger partial charge in [0, 0.05) is 19.7 Å². The van der Waals surface area contributed by atoms with Gasteiger partial charge < -0.3 is 10.5 Å². The first kappa shape index (κ1) is 12.8. The van der Waals surface area contributed by atoms with Gasteiger partial charge in [-0.2, -0.15) is 0 Å². The van der Waals surface area contributed by atoms with E-state index in [9.17, 15) is 0 Å². The second kappa shape index (κ2) is 6.29. The fourth-order valence-corrected chi connectivity index (χ4v) is 1.39. The lowest BCUT2D eigenvalue weighted by Gasteiger charge is -2.31. The van der Waals surface area contributed by atoms with Crippen molar-refractivity contribution in [1.82, 2.24) is 4.90 Å². The zero-order valence-corrected chi connectivity index (χ0v) is 9.73. The average molecular weight is 204 g/mol. The Morgan fingerprint density at radius 1 is 1.46 bits per heavy atom. The molecule has 1 unspecified atom stereocenters. The van der Waals surface area contributed by atoms with Crippen molar-refractivity contribution >= 4 is 17.2 Å². The van der Waals surface area contributed by atoms with Crippen LogP contribution in [0.25, 0.3) is 0 Å². The minimum Gasteiger partial charge on any atom is -0.392 e. The topological polar surface area (TPSA) is 38.5 Å². The second-order valence-corrected chi connectivity index (χ2v) is 3.87. The fourth-order valence-electron chi connectivity index (χ4n) is 1.26. The molecule has 4 heteroatoms. The Balaban J connectivity index is 4.15. The number of ether oxygens (including phenoxy) is 1. The van der Waals surface area contributed by atoms with Crippen LogP contribution in [0, 0.1) is 0 Å². The van der Waals surface area contributed by atoms with Crippen molar-refractivity contribution in [3.63, 3.8) is 0 Å². The summed E-state index contributed by atoms with van der Waals surface area (Å²) < 4.78 is 5.03. The standard InChI is InChI=1S/C9H20N2OS/c1-7(2)11(5-6-12-4)8(3)9(10)13/h7-8H,5-6H2,1-4H3,(H2,10,13). The number of hydrogen-bond donors (Lipinski definition) is 1. The molecule has 0 saturated carbocycles. The van der Waals surface area contributed by atoms with Gasteiger partial charge >= 0.3 is 0 Å². The van der Waals surface area contributed by atoms with Gasteiger partial charge in [0.15, 0.2) is 0 Å². The SMILES string of the molecule is COCCN(C(C)C)C(C)C(N)=S. The molecule has 0 aromatic rings. The molecule has 0 aliphatic carbocycles. The molecule has 0 radical (unpaired) electrons. The summed E-state index contributed by atoms with van der Waals surface area (Å²) in [6.07, 6.45) is 0. The zero-order chi connectivity index (χ0) is 10.4. The normalized spacial score (nSPS) is 13.7. The highest BCUT2D eigenvalue weighted by Crippen LogP contribution is 2.05. The van der Waals surface area contributed by atoms with Crippen molar-refractivity contribution in [1.29, 1.82) is 0 Å². The van der Waals surface area contributed by atoms with Crippen molar-refractivity contribution in [2.24, 2.45) is 5.73 Å². The van der Waals surface area contributed by atoms with Crippen LogP contribution < -0.4 is 5.73 Å². The summed E-state index contributed by atoms with van der Waals surface area (Å²) in [6, 6.07) is 0.580. The summed E-state index contributed by atoms with van der Waals surface area (Å²) in [5.74, 6) is 0. The molecule has 0 aliphatic heterocycles. The van der Waals surface area contributed by atoms with E-state index in [2.05, 4.69) is 18.7 Å². The summed E-state index contributed by atoms with van der Waals surface area (Å²) in [7, 11) is 1.70. The van der Waals surface area contributed by atoms with Crippen LogP contribution in [0.4, 0.5) is 0 Å². The minimum atomic E-state index is 0.144. The molecule has 0 rings (SSSR count). The van der Waals surface area contributed by atoms with Crippen LogP contribution in [0.5, 0.6) is 0 Å². The maximum absolute atomic E-state index is 5.60. The molecule has 0 heterocycles. The predicted octanol–water partition coefficient (Wildman–Crippen LogP) is 1.02. The predicted molar refractivity (Wildman–Crippen MR) is 60.0 cm³/mol. The average Bonchev–Trinajstić information content (AvgIpc) is 2.04. The van der Waals surface area contributed by atoms with E-state index in [0.717, 1.165) is 6.54 Å². The number of nitrogens with zero attached hydrogens (tertiary/aromatic N) is 1. The summed E-state index contributed by atoms with van der Waals surface area (Å²) in [4.78, 5) is 2.77. The van der Waals surface area contributed by atoms with Crippen LogP contribution in [0.2, 0.25) is 0 Å². The summed E-state index contributed by atoms with van der Waals surface area (Å²) in [5.41, 5.74) is 5.60. The number of methoxy groups -OCH3 is 1. The molecule has 0 aromatic carbocycles. The first-order valence-corrected chi connectivity index (χ1v) is 4.95. The van der Waals surface area contributed by atoms with E-state index in [0.29, 0.717) is 17.6 Å². The molecule has 2 N–H and O–H groups in total. The molecule has 0 spiro atoms. The van der Waals surface area contributed by atoms with Gasteiger partial charge in [0.25, 0.3) is 0 Å². The number of rotatable bonds is 6. The van der Waals surface area contributed by atoms with Crippen molar-refractivity contribution in [2.45, 2.75) is 32.9 Å². The molecule has 1 atom stereocenters. The van der Waals surface area contributed by atoms with Crippen LogP contribution in [0.15, 0.2) is 0 Å². The minimum absolute atomic E-state index is 0.144. The smallest absolute Gasteiger partial charge is 0.0899 e. The summed E-state index contributed by atoms with van der Waals surface area (Å²) in [5, 5.41) is 0. The third-order valence-corrected chi connectivity index (χ3v) is 2.47. The van der Waals surface area contributed by atoms with E-state index in [1.165, 1.54) is 0 Å². The molecular formula is C9H20N2OS. The molecule has 0 saturated heterocycles. The Bertz CT molecular complexity index is 162. The molecular weight excluding hydrogens is 184 g/mol. The Kier molecular flexibility index (Phi) is 6.20. The Morgan fingerprint density at radius 3 is 2.31 bits per heavy atom. The van der Waals surface area contributed by atoms with Crippen LogP contribution in [-0.4, -0.2) is 42.2 Å². The van der Waals surface area contributed by atoms with E-state index in [1.807, 2.05) is 6.92 Å². The molecule has 13 heavy (non-hydrogen) atoms. The van der Waals surface area contributed by atoms with E-state index < -0.39 is 0 Å². The lowest BCUT2D eigenvalue weighted by Crippen LogP contribution is -2.46. The fraction of sp³-hybridized carbons (Fsp3) is 0.889. The van der Waals surface area contributed by atoms with Gasteiger partial charge in [-0.05, 0) is 20.8 Å². The van der Waals surface area contributed by atoms with E-state index in [4.69, 9.17) is 22.7 Å². The van der Waals surface area contributed by atoms with Gasteiger partial charge in [0.2, 0.25) is 0 Å². The van der Waals surface area contributed by atoms with Gasteiger partial charge in [-0.15, -0.1) is 0 Å². The van der Waals surface area contributed by atoms with E-state index in [-0.39, 0.29) is 6.04 Å². The van der Waals surface area contributed by atoms with Gasteiger partial charge in [0.05, 0.1) is 17.6 Å². The monoisotopic (exact) mass is 204 g/mol. The molecule has 3 nitrogen and oxygen atoms in total. The highest BCUT2D eigenvalue weighted by Gasteiger charge is 2.18. The lowest BCUT2D eigenvalue weighted by atomic mass is 10.2. The molecule has 0 amide bonds. The summed E-state index contributed by atoms with van der Waals surface area (Å²) >= 11 is 4.96. The Morgan fingerprint density at radius 2 is 2.00 bits per heavy atom. The van der Waals surface area contributed by atoms with Crippen LogP contribution in [0.1, 0.15) is 20.8 Å². The van der Waals surface area contributed by atoms with Gasteiger partial charge in [-0.3, -0.25) is 4.90 Å². The highest BCUT2D eigenvalue weighted by atomic mass is 32.1. The van der Waals surface area contributed by atoms with E-state index in [1.54, 1.807) is 7.11 Å². The number of nitrogens with two attached hydrogens (primary N) is 1. The Hall–Kier alpha value is -0.190. The summed E-state index contributed by atoms with van der Waals surface area (Å²) in [6.45, 7) is 7.87. The van der Waals surface area contributed by atoms with Crippen LogP contribution >= 0.6 is 12.2 Å². The lowest BCUT2D eigenvalue weighted by molar-refractivity contribution is 0.121. The molecule has 0 bridgehead atoms. The zero-order valence-electron chi connectivity index (χ0n) is 8.91. The van der Waals surface area contributed by atoms with Crippen LogP contribution in [0.3, 0.4) is 0 Å². The maximum Gasteiger partial charge on any atom is 0.0899 e. The Labute approximate surface area is 86.2 Å². The van der Waals surface area contributed by atoms with Crippen molar-refractivity contribution in [3.05, 3.63) is 0 Å². The second-order valence-electron chi connectivity index (χ2n) is 3.40. The third kappa shape index (κ3) is 4.55. The van der Waals surface area contributed by atoms with Crippen molar-refractivity contribution in [3.8, 4) is 0 Å². The quantitative estimate of drug-likeness (QED) is 0.656. The van der Waals surface area contributed by atoms with Crippen LogP contribution in [-0.2, 0) is 4.74 Å². The molecule has 0 aromatic heterocycles. The first-order valence-electron chi connectivity index (χ1n) is 4.54. The van der Waals surface area contributed by atoms with Gasteiger partial charge in [-0.1, -0.05) is 12.2 Å². The third-order valence-electron chi connectivity index (χ3n) is 2.13. The van der Waals surface area contributed by atoms with Crippen molar-refractivity contribution in [2.75, 3.05) is 20.3 Å². The molecule has 0 fully saturated rings. The van der Waals surface area contributed by atoms with Gasteiger partial charge in [-0.25, -0.2) is 0 Å². The highest BCUT2D eigenvalue weighted by molar-refractivity contribution is 7.80. The number of hydrogen-bond acceptors (Lipinski definition) is 3. The number of thiocarbonyl (C=S) groups is 1. The first-order chi connectivity index (χ1) is 6.00.